The lowest BCUT2D eigenvalue weighted by atomic mass is 10.0. The molecule has 3 heterocycles. The van der Waals surface area contributed by atoms with Crippen LogP contribution in [0, 0.1) is 5.92 Å². The molecule has 3 aliphatic rings. The molecule has 3 fully saturated rings. The molecule has 1 saturated carbocycles. The van der Waals surface area contributed by atoms with Gasteiger partial charge in [-0.1, -0.05) is 12.1 Å². The third kappa shape index (κ3) is 5.29. The van der Waals surface area contributed by atoms with Gasteiger partial charge in [0.1, 0.15) is 17.4 Å². The highest BCUT2D eigenvalue weighted by Gasteiger charge is 2.27. The van der Waals surface area contributed by atoms with Crippen molar-refractivity contribution in [2.75, 3.05) is 49.6 Å². The summed E-state index contributed by atoms with van der Waals surface area (Å²) in [7, 11) is 0. The van der Waals surface area contributed by atoms with E-state index < -0.39 is 0 Å². The number of fused-ring (bicyclic) bond motifs is 1. The van der Waals surface area contributed by atoms with E-state index in [9.17, 15) is 4.79 Å². The fourth-order valence-corrected chi connectivity index (χ4v) is 5.02. The number of anilines is 3. The summed E-state index contributed by atoms with van der Waals surface area (Å²) in [5.74, 6) is 2.02. The quantitative estimate of drug-likeness (QED) is 0.454. The summed E-state index contributed by atoms with van der Waals surface area (Å²) in [5.41, 5.74) is 3.36. The maximum Gasteiger partial charge on any atom is 0.227 e. The monoisotopic (exact) mass is 487 g/mol. The Balaban J connectivity index is 1.27. The smallest absolute Gasteiger partial charge is 0.227 e. The van der Waals surface area contributed by atoms with E-state index in [0.29, 0.717) is 31.5 Å². The maximum absolute atomic E-state index is 13.2. The molecule has 0 unspecified atom stereocenters. The third-order valence-corrected chi connectivity index (χ3v) is 7.23. The Bertz CT molecular complexity index is 1230. The lowest BCUT2D eigenvalue weighted by Gasteiger charge is -2.30. The van der Waals surface area contributed by atoms with Crippen LogP contribution in [-0.4, -0.2) is 61.2 Å². The lowest BCUT2D eigenvalue weighted by molar-refractivity contribution is 0.0974. The zero-order valence-corrected chi connectivity index (χ0v) is 20.5. The molecule has 0 bridgehead atoms. The predicted octanol–water partition coefficient (Wildman–Crippen LogP) is 4.32. The second kappa shape index (κ2) is 10.4. The van der Waals surface area contributed by atoms with Gasteiger partial charge in [0.25, 0.3) is 0 Å². The molecule has 0 radical (unpaired) electrons. The summed E-state index contributed by atoms with van der Waals surface area (Å²) in [6, 6.07) is 12.0. The molecule has 0 atom stereocenters. The molecule has 0 amide bonds. The molecule has 3 aromatic rings. The SMILES string of the molecule is O=C(CC1CC1)c1cc(Nc2ncc3cccc(OC4CCNCC4)c3n2)ccc1N1CCOCC1. The van der Waals surface area contributed by atoms with Gasteiger partial charge in [-0.15, -0.1) is 0 Å². The summed E-state index contributed by atoms with van der Waals surface area (Å²) in [6.07, 6.45) is 6.91. The van der Waals surface area contributed by atoms with Crippen molar-refractivity contribution in [1.29, 1.82) is 0 Å². The van der Waals surface area contributed by atoms with E-state index in [1.807, 2.05) is 42.6 Å². The van der Waals surface area contributed by atoms with Crippen LogP contribution in [0.4, 0.5) is 17.3 Å². The Hall–Kier alpha value is -3.23. The van der Waals surface area contributed by atoms with Gasteiger partial charge in [0.05, 0.1) is 13.2 Å². The topological polar surface area (TPSA) is 88.6 Å². The molecule has 8 heteroatoms. The van der Waals surface area contributed by atoms with E-state index >= 15 is 0 Å². The van der Waals surface area contributed by atoms with Gasteiger partial charge >= 0.3 is 0 Å². The fraction of sp³-hybridized carbons (Fsp3) is 0.464. The van der Waals surface area contributed by atoms with E-state index in [1.54, 1.807) is 0 Å². The summed E-state index contributed by atoms with van der Waals surface area (Å²) in [4.78, 5) is 24.8. The number of ketones is 1. The largest absolute Gasteiger partial charge is 0.488 e. The molecule has 188 valence electrons. The van der Waals surface area contributed by atoms with Crippen molar-refractivity contribution in [3.05, 3.63) is 48.2 Å². The predicted molar refractivity (Wildman–Crippen MR) is 140 cm³/mol. The number of ether oxygens (including phenoxy) is 2. The maximum atomic E-state index is 13.2. The van der Waals surface area contributed by atoms with Crippen LogP contribution < -0.4 is 20.3 Å². The first-order chi connectivity index (χ1) is 17.7. The lowest BCUT2D eigenvalue weighted by Crippen LogP contribution is -2.37. The number of Topliss-reactive ketones (excluding diaryl/α,β-unsaturated/α-hetero) is 1. The highest BCUT2D eigenvalue weighted by molar-refractivity contribution is 6.02. The zero-order chi connectivity index (χ0) is 24.3. The molecule has 0 spiro atoms. The molecular formula is C28H33N5O3. The fourth-order valence-electron chi connectivity index (χ4n) is 5.02. The van der Waals surface area contributed by atoms with Gasteiger partial charge in [-0.05, 0) is 69.0 Å². The number of hydrogen-bond donors (Lipinski definition) is 2. The number of nitrogens with one attached hydrogen (secondary N) is 2. The summed E-state index contributed by atoms with van der Waals surface area (Å²) < 4.78 is 11.9. The van der Waals surface area contributed by atoms with Crippen LogP contribution in [0.5, 0.6) is 5.75 Å². The average molecular weight is 488 g/mol. The number of para-hydroxylation sites is 1. The van der Waals surface area contributed by atoms with Crippen molar-refractivity contribution in [2.24, 2.45) is 5.92 Å². The third-order valence-electron chi connectivity index (χ3n) is 7.23. The van der Waals surface area contributed by atoms with Crippen molar-refractivity contribution in [2.45, 2.75) is 38.2 Å². The van der Waals surface area contributed by atoms with Gasteiger partial charge in [-0.3, -0.25) is 4.79 Å². The molecule has 2 aromatic carbocycles. The van der Waals surface area contributed by atoms with Crippen LogP contribution in [0.3, 0.4) is 0 Å². The Morgan fingerprint density at radius 3 is 2.75 bits per heavy atom. The Labute approximate surface area is 211 Å². The molecule has 2 N–H and O–H groups in total. The number of morpholine rings is 1. The van der Waals surface area contributed by atoms with Crippen molar-refractivity contribution >= 4 is 34.0 Å². The molecule has 1 aliphatic carbocycles. The van der Waals surface area contributed by atoms with Crippen molar-refractivity contribution < 1.29 is 14.3 Å². The van der Waals surface area contributed by atoms with Gasteiger partial charge in [0, 0.05) is 48.0 Å². The number of nitrogens with zero attached hydrogens (tertiary/aromatic N) is 3. The first-order valence-electron chi connectivity index (χ1n) is 13.1. The molecule has 36 heavy (non-hydrogen) atoms. The van der Waals surface area contributed by atoms with Crippen LogP contribution in [-0.2, 0) is 4.74 Å². The molecule has 1 aromatic heterocycles. The minimum Gasteiger partial charge on any atom is -0.488 e. The molecule has 6 rings (SSSR count). The van der Waals surface area contributed by atoms with E-state index in [2.05, 4.69) is 20.5 Å². The minimum atomic E-state index is 0.191. The first-order valence-corrected chi connectivity index (χ1v) is 13.1. The summed E-state index contributed by atoms with van der Waals surface area (Å²) in [6.45, 7) is 4.90. The van der Waals surface area contributed by atoms with Crippen LogP contribution in [0.1, 0.15) is 42.5 Å². The van der Waals surface area contributed by atoms with E-state index in [-0.39, 0.29) is 11.9 Å². The van der Waals surface area contributed by atoms with Crippen molar-refractivity contribution in [3.63, 3.8) is 0 Å². The van der Waals surface area contributed by atoms with E-state index in [1.165, 1.54) is 0 Å². The highest BCUT2D eigenvalue weighted by Crippen LogP contribution is 2.36. The number of hydrogen-bond acceptors (Lipinski definition) is 8. The summed E-state index contributed by atoms with van der Waals surface area (Å²) >= 11 is 0. The Morgan fingerprint density at radius 1 is 1.11 bits per heavy atom. The van der Waals surface area contributed by atoms with Crippen LogP contribution in [0.25, 0.3) is 10.9 Å². The number of aromatic nitrogens is 2. The van der Waals surface area contributed by atoms with Crippen molar-refractivity contribution in [1.82, 2.24) is 15.3 Å². The van der Waals surface area contributed by atoms with Gasteiger partial charge in [0.15, 0.2) is 5.78 Å². The number of benzene rings is 2. The number of rotatable bonds is 8. The minimum absolute atomic E-state index is 0.191. The second-order valence-corrected chi connectivity index (χ2v) is 9.98. The Morgan fingerprint density at radius 2 is 1.94 bits per heavy atom. The second-order valence-electron chi connectivity index (χ2n) is 9.98. The van der Waals surface area contributed by atoms with Crippen LogP contribution in [0.15, 0.2) is 42.6 Å². The van der Waals surface area contributed by atoms with Crippen molar-refractivity contribution in [3.8, 4) is 5.75 Å². The zero-order valence-electron chi connectivity index (χ0n) is 20.5. The standard InChI is InChI=1S/C28H33N5O3/c34-25(16-19-4-5-19)23-17-21(6-7-24(23)33-12-14-35-15-13-33)31-28-30-18-20-2-1-3-26(27(20)32-28)36-22-8-10-29-11-9-22/h1-3,6-7,17-19,22,29H,4-5,8-16H2,(H,30,31,32). The highest BCUT2D eigenvalue weighted by atomic mass is 16.5. The molecule has 8 nitrogen and oxygen atoms in total. The number of carbonyl (C=O) groups is 1. The first kappa shape index (κ1) is 23.2. The van der Waals surface area contributed by atoms with Gasteiger partial charge in [0.2, 0.25) is 5.95 Å². The normalized spacial score (nSPS) is 18.8. The van der Waals surface area contributed by atoms with Gasteiger partial charge in [-0.25, -0.2) is 9.97 Å². The van der Waals surface area contributed by atoms with E-state index in [4.69, 9.17) is 14.5 Å². The molecule has 2 aliphatic heterocycles. The van der Waals surface area contributed by atoms with Crippen LogP contribution in [0.2, 0.25) is 0 Å². The Kier molecular flexibility index (Phi) is 6.70. The summed E-state index contributed by atoms with van der Waals surface area (Å²) in [5, 5.41) is 7.65. The van der Waals surface area contributed by atoms with E-state index in [0.717, 1.165) is 85.5 Å². The molecular weight excluding hydrogens is 454 g/mol. The number of carbonyl (C=O) groups excluding carboxylic acids is 1. The average Bonchev–Trinajstić information content (AvgIpc) is 3.74. The molecule has 2 saturated heterocycles. The van der Waals surface area contributed by atoms with Crippen LogP contribution >= 0.6 is 0 Å². The van der Waals surface area contributed by atoms with Gasteiger partial charge in [-0.2, -0.15) is 0 Å². The number of piperidine rings is 1. The van der Waals surface area contributed by atoms with Gasteiger partial charge < -0.3 is 25.0 Å².